The van der Waals surface area contributed by atoms with Crippen molar-refractivity contribution in [2.75, 3.05) is 0 Å². The van der Waals surface area contributed by atoms with Crippen molar-refractivity contribution in [2.24, 2.45) is 5.41 Å². The van der Waals surface area contributed by atoms with Crippen LogP contribution in [0, 0.1) is 5.41 Å². The van der Waals surface area contributed by atoms with Crippen molar-refractivity contribution < 1.29 is 251 Å². The third kappa shape index (κ3) is 10.1. The summed E-state index contributed by atoms with van der Waals surface area (Å²) >= 11 is 0. The van der Waals surface area contributed by atoms with Crippen LogP contribution in [-0.4, -0.2) is 150 Å². The van der Waals surface area contributed by atoms with E-state index in [1.165, 1.54) is 0 Å². The van der Waals surface area contributed by atoms with Gasteiger partial charge in [-0.25, -0.2) is 0 Å². The molecule has 0 aliphatic heterocycles. The van der Waals surface area contributed by atoms with Crippen LogP contribution in [0.3, 0.4) is 0 Å². The Morgan fingerprint density at radius 2 is 0.241 bits per heavy atom. The molecular weight excluding hydrogens is 1390 g/mol. The zero-order chi connectivity index (χ0) is 69.1. The van der Waals surface area contributed by atoms with Crippen LogP contribution >= 0.6 is 0 Å². The van der Waals surface area contributed by atoms with Crippen molar-refractivity contribution in [3.8, 4) is 0 Å². The van der Waals surface area contributed by atoms with Crippen molar-refractivity contribution in [1.82, 2.24) is 0 Å². The Labute approximate surface area is 408 Å². The molecule has 0 saturated carbocycles. The molecule has 500 valence electrons. The fraction of sp³-hybridized carbons (Fsp3) is 1.00. The van der Waals surface area contributed by atoms with Crippen LogP contribution in [0.25, 0.3) is 0 Å². The van der Waals surface area contributed by atoms with Gasteiger partial charge in [0.1, 0.15) is 0 Å². The molecule has 0 N–H and O–H groups in total. The highest BCUT2D eigenvalue weighted by Crippen LogP contribution is 2.80. The number of alkyl halides is 54. The zero-order valence-electron chi connectivity index (χ0n) is 34.6. The van der Waals surface area contributed by atoms with Gasteiger partial charge in [0, 0.05) is 0 Å². The highest BCUT2D eigenvalue weighted by molar-refractivity contribution is 5.30. The van der Waals surface area contributed by atoms with Crippen LogP contribution in [-0.2, 0) is 14.2 Å². The van der Waals surface area contributed by atoms with Gasteiger partial charge >= 0.3 is 150 Å². The molecule has 0 fully saturated rings. The minimum atomic E-state index is -13.8. The Balaban J connectivity index is 11.8. The third-order valence-electron chi connectivity index (χ3n) is 9.45. The Morgan fingerprint density at radius 1 is 0.120 bits per heavy atom. The molecule has 0 amide bonds. The number of halogens is 54. The van der Waals surface area contributed by atoms with Gasteiger partial charge in [-0.3, -0.25) is 14.2 Å². The first kappa shape index (κ1) is 79.1. The van der Waals surface area contributed by atoms with Crippen molar-refractivity contribution in [1.29, 1.82) is 0 Å². The summed E-state index contributed by atoms with van der Waals surface area (Å²) < 4.78 is 766. The molecule has 0 bridgehead atoms. The quantitative estimate of drug-likeness (QED) is 0.0799. The van der Waals surface area contributed by atoms with Crippen molar-refractivity contribution in [2.45, 2.75) is 150 Å². The Morgan fingerprint density at radius 3 is 0.361 bits per heavy atom. The highest BCUT2D eigenvalue weighted by atomic mass is 19.5. The normalized spacial score (nSPS) is 17.4. The minimum Gasteiger partial charge on any atom is -0.254 e. The van der Waals surface area contributed by atoms with Gasteiger partial charge in [-0.2, -0.15) is 237 Å². The van der Waals surface area contributed by atoms with Crippen molar-refractivity contribution in [3.05, 3.63) is 0 Å². The Kier molecular flexibility index (Phi) is 18.4. The molecule has 0 heterocycles. The molecule has 0 aromatic rings. The van der Waals surface area contributed by atoms with Crippen LogP contribution in [0.4, 0.5) is 237 Å². The van der Waals surface area contributed by atoms with Crippen LogP contribution in [0.2, 0.25) is 0 Å². The van der Waals surface area contributed by atoms with E-state index in [1.807, 2.05) is 0 Å². The van der Waals surface area contributed by atoms with Crippen LogP contribution in [0.5, 0.6) is 0 Å². The summed E-state index contributed by atoms with van der Waals surface area (Å²) in [5, 5.41) is 0. The smallest absolute Gasteiger partial charge is 0.254 e. The summed E-state index contributed by atoms with van der Waals surface area (Å²) in [7, 11) is 0. The molecule has 57 heteroatoms. The van der Waals surface area contributed by atoms with Gasteiger partial charge in [-0.15, -0.1) is 0 Å². The van der Waals surface area contributed by atoms with Gasteiger partial charge in [-0.1, -0.05) is 0 Å². The van der Waals surface area contributed by atoms with E-state index in [-0.39, 0.29) is 14.2 Å². The summed E-state index contributed by atoms with van der Waals surface area (Å²) in [6.45, 7) is 0. The Hall–Kier alpha value is -3.90. The van der Waals surface area contributed by atoms with Crippen LogP contribution < -0.4 is 0 Å². The summed E-state index contributed by atoms with van der Waals surface area (Å²) in [5.41, 5.74) is -13.8. The first-order chi connectivity index (χ1) is 34.6. The molecule has 0 aromatic heterocycles. The average molecular weight is 1390 g/mol. The SMILES string of the molecule is FC(F)(F)C(F)(F)OC(OC(F)(F)C(F)(F)F)(OC(F)(F)C(F)(F)F)C(C(F)(F)C(F)(F)F)(C(F)(F)C(F)(F)C(F)(F)C(F)(F)C(F)(F)C(F)(F)C(F)(F)C(F)(F)F)C(F)(F)C(F)(F)C(F)(F)C(F)(F)C(F)(F)C(F)(F)C(F)(F)C(F)(F)F. The molecule has 0 aliphatic carbocycles. The van der Waals surface area contributed by atoms with Gasteiger partial charge in [-0.05, 0) is 0 Å². The molecule has 0 aromatic carbocycles. The maximum Gasteiger partial charge on any atom is 0.483 e. The molecule has 0 spiro atoms. The van der Waals surface area contributed by atoms with Gasteiger partial charge in [0.25, 0.3) is 5.41 Å². The fourth-order valence-corrected chi connectivity index (χ4v) is 5.15. The zero-order valence-corrected chi connectivity index (χ0v) is 34.6. The molecule has 0 rings (SSSR count). The predicted molar refractivity (Wildman–Crippen MR) is 134 cm³/mol. The van der Waals surface area contributed by atoms with E-state index in [4.69, 9.17) is 0 Å². The summed E-state index contributed by atoms with van der Waals surface area (Å²) in [5.74, 6) is -186. The molecular formula is C26F54O3. The van der Waals surface area contributed by atoms with E-state index in [2.05, 4.69) is 0 Å². The fourth-order valence-electron chi connectivity index (χ4n) is 5.15. The molecule has 83 heavy (non-hydrogen) atoms. The largest absolute Gasteiger partial charge is 0.483 e. The lowest BCUT2D eigenvalue weighted by molar-refractivity contribution is -0.659. The number of hydrogen-bond acceptors (Lipinski definition) is 3. The standard InChI is InChI=1S/C26F54O3/c27-2(28,5(33,34)7(37,38)9(41,42)11(45,46)13(49,50)15(53,54)18(60,61)62)1(4(31,32)17(57,58)59,3(29,30)6(35,36)8(39,40)10(43,44)12(47,48)14(51,52)16(55,56)19(63,64)65)26(81-23(75,76)20(66,67)68,82-24(77,78)21(69,70)71)83-25(79,80)22(72,73)74. The Bertz CT molecular complexity index is 2120. The average Bonchev–Trinajstić information content (AvgIpc) is 3.16. The van der Waals surface area contributed by atoms with E-state index < -0.39 is 156 Å². The minimum absolute atomic E-state index is 0.0472. The van der Waals surface area contributed by atoms with Crippen LogP contribution in [0.15, 0.2) is 0 Å². The summed E-state index contributed by atoms with van der Waals surface area (Å²) in [4.78, 5) is 0. The van der Waals surface area contributed by atoms with Crippen molar-refractivity contribution >= 4 is 0 Å². The number of ether oxygens (including phenoxy) is 3. The van der Waals surface area contributed by atoms with Crippen LogP contribution in [0.1, 0.15) is 0 Å². The van der Waals surface area contributed by atoms with E-state index in [0.717, 1.165) is 0 Å². The summed E-state index contributed by atoms with van der Waals surface area (Å²) in [6, 6.07) is 0. The van der Waals surface area contributed by atoms with E-state index in [9.17, 15) is 193 Å². The molecule has 0 aliphatic rings. The second-order valence-electron chi connectivity index (χ2n) is 14.8. The molecule has 0 saturated heterocycles. The second-order valence-corrected chi connectivity index (χ2v) is 14.8. The maximum absolute atomic E-state index is 16.4. The van der Waals surface area contributed by atoms with Crippen molar-refractivity contribution in [3.63, 3.8) is 0 Å². The lowest BCUT2D eigenvalue weighted by Crippen LogP contribution is -2.90. The molecule has 0 unspecified atom stereocenters. The first-order valence-corrected chi connectivity index (χ1v) is 16.9. The topological polar surface area (TPSA) is 27.7 Å². The maximum atomic E-state index is 16.4. The van der Waals surface area contributed by atoms with E-state index >= 15 is 43.9 Å². The molecule has 0 radical (unpaired) electrons. The van der Waals surface area contributed by atoms with Gasteiger partial charge in [0.2, 0.25) is 0 Å². The molecule has 3 nitrogen and oxygen atoms in total. The number of rotatable bonds is 22. The predicted octanol–water partition coefficient (Wildman–Crippen LogP) is 17.4. The van der Waals surface area contributed by atoms with Gasteiger partial charge in [0.05, 0.1) is 0 Å². The van der Waals surface area contributed by atoms with E-state index in [0.29, 0.717) is 0 Å². The summed E-state index contributed by atoms with van der Waals surface area (Å²) in [6.07, 6.45) is -90.9. The first-order valence-electron chi connectivity index (χ1n) is 16.9. The monoisotopic (exact) mass is 1390 g/mol. The lowest BCUT2D eigenvalue weighted by Gasteiger charge is -2.60. The van der Waals surface area contributed by atoms with Gasteiger partial charge < -0.3 is 0 Å². The highest BCUT2D eigenvalue weighted by Gasteiger charge is 3.10. The lowest BCUT2D eigenvalue weighted by atomic mass is 9.61. The second kappa shape index (κ2) is 19.3. The molecule has 0 atom stereocenters. The van der Waals surface area contributed by atoms with Gasteiger partial charge in [0.15, 0.2) is 0 Å². The third-order valence-corrected chi connectivity index (χ3v) is 9.45. The van der Waals surface area contributed by atoms with E-state index in [1.54, 1.807) is 0 Å². The number of hydrogen-bond donors (Lipinski definition) is 0.